The van der Waals surface area contributed by atoms with Crippen LogP contribution in [0.15, 0.2) is 60.8 Å². The van der Waals surface area contributed by atoms with Crippen molar-refractivity contribution >= 4 is 17.5 Å². The summed E-state index contributed by atoms with van der Waals surface area (Å²) in [5.74, 6) is -1.19. The number of hydrogen-bond donors (Lipinski definition) is 1. The van der Waals surface area contributed by atoms with Crippen molar-refractivity contribution in [1.29, 1.82) is 0 Å². The third-order valence-electron chi connectivity index (χ3n) is 5.46. The Morgan fingerprint density at radius 1 is 1.06 bits per heavy atom. The number of hydrogen-bond acceptors (Lipinski definition) is 5. The minimum Gasteiger partial charge on any atom is -0.365 e. The molecule has 0 spiro atoms. The van der Waals surface area contributed by atoms with Crippen molar-refractivity contribution in [3.8, 4) is 5.69 Å². The molecule has 2 N–H and O–H groups in total. The Balaban J connectivity index is 1.63. The lowest BCUT2D eigenvalue weighted by molar-refractivity contribution is -0.385. The molecule has 2 heterocycles. The van der Waals surface area contributed by atoms with E-state index in [2.05, 4.69) is 5.10 Å². The van der Waals surface area contributed by atoms with E-state index in [1.165, 1.54) is 18.2 Å². The average Bonchev–Trinajstić information content (AvgIpc) is 3.25. The van der Waals surface area contributed by atoms with E-state index in [9.17, 15) is 19.7 Å². The van der Waals surface area contributed by atoms with Gasteiger partial charge in [-0.25, -0.2) is 4.68 Å². The van der Waals surface area contributed by atoms with Gasteiger partial charge in [-0.1, -0.05) is 30.3 Å². The number of carbonyl (C=O) groups is 2. The van der Waals surface area contributed by atoms with Crippen LogP contribution in [0.5, 0.6) is 0 Å². The fraction of sp³-hybridized carbons (Fsp3) is 0.227. The standard InChI is InChI=1S/C22H21N5O4/c23-21(28)18-14-26(16-8-2-1-3-9-16)24-20(18)15-7-6-12-25(13-15)22(29)17-10-4-5-11-19(17)27(30)31/h1-5,8-11,14-15H,6-7,12-13H2,(H2,23,28). The fourth-order valence-corrected chi connectivity index (χ4v) is 3.96. The lowest BCUT2D eigenvalue weighted by Crippen LogP contribution is -2.39. The second-order valence-corrected chi connectivity index (χ2v) is 7.44. The summed E-state index contributed by atoms with van der Waals surface area (Å²) >= 11 is 0. The third kappa shape index (κ3) is 4.02. The van der Waals surface area contributed by atoms with Crippen molar-refractivity contribution in [2.24, 2.45) is 5.73 Å². The molecular formula is C22H21N5O4. The molecule has 1 aliphatic rings. The van der Waals surface area contributed by atoms with E-state index in [-0.39, 0.29) is 17.2 Å². The number of carbonyl (C=O) groups excluding carboxylic acids is 2. The summed E-state index contributed by atoms with van der Waals surface area (Å²) in [5.41, 5.74) is 7.08. The Hall–Kier alpha value is -4.01. The first kappa shape index (κ1) is 20.3. The molecule has 1 unspecified atom stereocenters. The van der Waals surface area contributed by atoms with Crippen LogP contribution in [-0.2, 0) is 0 Å². The molecule has 0 saturated carbocycles. The van der Waals surface area contributed by atoms with E-state index in [0.29, 0.717) is 30.8 Å². The van der Waals surface area contributed by atoms with Gasteiger partial charge in [-0.3, -0.25) is 19.7 Å². The van der Waals surface area contributed by atoms with Crippen molar-refractivity contribution in [2.75, 3.05) is 13.1 Å². The van der Waals surface area contributed by atoms with Gasteiger partial charge in [0, 0.05) is 31.3 Å². The van der Waals surface area contributed by atoms with Gasteiger partial charge in [0.05, 0.1) is 21.9 Å². The van der Waals surface area contributed by atoms with E-state index in [1.807, 2.05) is 30.3 Å². The molecule has 1 fully saturated rings. The molecule has 9 nitrogen and oxygen atoms in total. The fourth-order valence-electron chi connectivity index (χ4n) is 3.96. The Kier molecular flexibility index (Phi) is 5.48. The second-order valence-electron chi connectivity index (χ2n) is 7.44. The Labute approximate surface area is 178 Å². The first-order chi connectivity index (χ1) is 15.0. The summed E-state index contributed by atoms with van der Waals surface area (Å²) in [4.78, 5) is 37.5. The topological polar surface area (TPSA) is 124 Å². The van der Waals surface area contributed by atoms with Gasteiger partial charge in [0.25, 0.3) is 17.5 Å². The number of likely N-dealkylation sites (tertiary alicyclic amines) is 1. The molecule has 31 heavy (non-hydrogen) atoms. The number of nitro benzene ring substituents is 1. The largest absolute Gasteiger partial charge is 0.365 e. The van der Waals surface area contributed by atoms with Gasteiger partial charge in [-0.2, -0.15) is 5.10 Å². The lowest BCUT2D eigenvalue weighted by Gasteiger charge is -2.32. The van der Waals surface area contributed by atoms with Crippen molar-refractivity contribution in [3.05, 3.63) is 87.7 Å². The van der Waals surface area contributed by atoms with Gasteiger partial charge in [0.2, 0.25) is 0 Å². The van der Waals surface area contributed by atoms with Crippen LogP contribution in [0, 0.1) is 10.1 Å². The highest BCUT2D eigenvalue weighted by Crippen LogP contribution is 2.31. The zero-order valence-corrected chi connectivity index (χ0v) is 16.7. The van der Waals surface area contributed by atoms with Gasteiger partial charge in [0.15, 0.2) is 0 Å². The molecular weight excluding hydrogens is 398 g/mol. The molecule has 2 aromatic carbocycles. The Bertz CT molecular complexity index is 1140. The van der Waals surface area contributed by atoms with Gasteiger partial charge >= 0.3 is 0 Å². The molecule has 9 heteroatoms. The van der Waals surface area contributed by atoms with Crippen LogP contribution >= 0.6 is 0 Å². The highest BCUT2D eigenvalue weighted by atomic mass is 16.6. The quantitative estimate of drug-likeness (QED) is 0.503. The predicted molar refractivity (Wildman–Crippen MR) is 113 cm³/mol. The van der Waals surface area contributed by atoms with Crippen LogP contribution in [0.3, 0.4) is 0 Å². The molecule has 0 bridgehead atoms. The predicted octanol–water partition coefficient (Wildman–Crippen LogP) is 2.90. The molecule has 1 atom stereocenters. The number of nitrogens with two attached hydrogens (primary N) is 1. The minimum atomic E-state index is -0.584. The van der Waals surface area contributed by atoms with Crippen molar-refractivity contribution < 1.29 is 14.5 Å². The number of para-hydroxylation sites is 2. The Morgan fingerprint density at radius 2 is 1.77 bits per heavy atom. The second kappa shape index (κ2) is 8.39. The van der Waals surface area contributed by atoms with Crippen LogP contribution in [-0.4, -0.2) is 44.5 Å². The maximum atomic E-state index is 13.1. The molecule has 4 rings (SSSR count). The smallest absolute Gasteiger partial charge is 0.282 e. The zero-order valence-electron chi connectivity index (χ0n) is 16.7. The number of piperidine rings is 1. The molecule has 1 aliphatic heterocycles. The average molecular weight is 419 g/mol. The number of nitrogens with zero attached hydrogens (tertiary/aromatic N) is 4. The molecule has 3 aromatic rings. The minimum absolute atomic E-state index is 0.0538. The third-order valence-corrected chi connectivity index (χ3v) is 5.46. The molecule has 2 amide bonds. The normalized spacial score (nSPS) is 16.1. The van der Waals surface area contributed by atoms with Gasteiger partial charge in [-0.05, 0) is 31.0 Å². The van der Waals surface area contributed by atoms with Gasteiger partial charge in [-0.15, -0.1) is 0 Å². The maximum absolute atomic E-state index is 13.1. The van der Waals surface area contributed by atoms with E-state index < -0.39 is 16.7 Å². The van der Waals surface area contributed by atoms with Gasteiger partial charge < -0.3 is 10.6 Å². The summed E-state index contributed by atoms with van der Waals surface area (Å²) < 4.78 is 1.61. The van der Waals surface area contributed by atoms with Gasteiger partial charge in [0.1, 0.15) is 5.56 Å². The van der Waals surface area contributed by atoms with Crippen LogP contribution in [0.1, 0.15) is 45.2 Å². The molecule has 0 aliphatic carbocycles. The van der Waals surface area contributed by atoms with E-state index in [4.69, 9.17) is 5.73 Å². The number of primary amides is 1. The first-order valence-electron chi connectivity index (χ1n) is 9.93. The Morgan fingerprint density at radius 3 is 2.48 bits per heavy atom. The number of nitro groups is 1. The SMILES string of the molecule is NC(=O)c1cn(-c2ccccc2)nc1C1CCCN(C(=O)c2ccccc2[N+](=O)[O-])C1. The number of rotatable bonds is 5. The van der Waals surface area contributed by atoms with Crippen LogP contribution in [0.25, 0.3) is 5.69 Å². The maximum Gasteiger partial charge on any atom is 0.282 e. The monoisotopic (exact) mass is 419 g/mol. The van der Waals surface area contributed by atoms with Crippen molar-refractivity contribution in [2.45, 2.75) is 18.8 Å². The molecule has 158 valence electrons. The summed E-state index contributed by atoms with van der Waals surface area (Å²) in [7, 11) is 0. The van der Waals surface area contributed by atoms with Crippen molar-refractivity contribution in [1.82, 2.24) is 14.7 Å². The summed E-state index contributed by atoms with van der Waals surface area (Å²) in [6.07, 6.45) is 3.02. The van der Waals surface area contributed by atoms with E-state index >= 15 is 0 Å². The molecule has 1 saturated heterocycles. The summed E-state index contributed by atoms with van der Waals surface area (Å²) in [6, 6.07) is 15.3. The highest BCUT2D eigenvalue weighted by Gasteiger charge is 2.32. The van der Waals surface area contributed by atoms with E-state index in [0.717, 1.165) is 12.1 Å². The molecule has 0 radical (unpaired) electrons. The first-order valence-corrected chi connectivity index (χ1v) is 9.93. The number of benzene rings is 2. The molecule has 1 aromatic heterocycles. The van der Waals surface area contributed by atoms with Crippen LogP contribution < -0.4 is 5.73 Å². The number of aromatic nitrogens is 2. The summed E-state index contributed by atoms with van der Waals surface area (Å²) in [5, 5.41) is 15.9. The highest BCUT2D eigenvalue weighted by molar-refractivity contribution is 5.98. The summed E-state index contributed by atoms with van der Waals surface area (Å²) in [6.45, 7) is 0.781. The van der Waals surface area contributed by atoms with Crippen LogP contribution in [0.2, 0.25) is 0 Å². The zero-order chi connectivity index (χ0) is 22.0. The van der Waals surface area contributed by atoms with Crippen molar-refractivity contribution in [3.63, 3.8) is 0 Å². The van der Waals surface area contributed by atoms with E-state index in [1.54, 1.807) is 21.8 Å². The van der Waals surface area contributed by atoms with Crippen LogP contribution in [0.4, 0.5) is 5.69 Å². The number of amides is 2. The lowest BCUT2D eigenvalue weighted by atomic mass is 9.92.